The van der Waals surface area contributed by atoms with Crippen LogP contribution >= 0.6 is 10.7 Å². The molecule has 0 fully saturated rings. The Kier molecular flexibility index (Phi) is 3.05. The molecule has 2 aromatic rings. The number of aromatic nitrogens is 2. The Morgan fingerprint density at radius 1 is 1.33 bits per heavy atom. The number of nitro groups is 1. The molecule has 7 nitrogen and oxygen atoms in total. The smallest absolute Gasteiger partial charge is 0.258 e. The fraction of sp³-hybridized carbons (Fsp3) is 0. The minimum atomic E-state index is -3.90. The zero-order valence-corrected chi connectivity index (χ0v) is 10.3. The van der Waals surface area contributed by atoms with Crippen LogP contribution in [0.5, 0.6) is 0 Å². The summed E-state index contributed by atoms with van der Waals surface area (Å²) in [6.07, 6.45) is 2.14. The molecule has 1 heterocycles. The summed E-state index contributed by atoms with van der Waals surface area (Å²) in [6, 6.07) is 5.84. The van der Waals surface area contributed by atoms with Crippen molar-refractivity contribution in [3.8, 4) is 5.69 Å². The predicted molar refractivity (Wildman–Crippen MR) is 63.3 cm³/mol. The van der Waals surface area contributed by atoms with Crippen molar-refractivity contribution in [3.63, 3.8) is 0 Å². The van der Waals surface area contributed by atoms with Crippen molar-refractivity contribution >= 4 is 25.4 Å². The lowest BCUT2D eigenvalue weighted by atomic mass is 10.3. The molecule has 0 amide bonds. The summed E-state index contributed by atoms with van der Waals surface area (Å²) in [6.45, 7) is 0. The number of hydrogen-bond acceptors (Lipinski definition) is 5. The summed E-state index contributed by atoms with van der Waals surface area (Å²) in [5, 5.41) is 14.6. The SMILES string of the molecule is O=[N+]([O-])c1ccccc1-n1cc(S(=O)(=O)Cl)cn1. The predicted octanol–water partition coefficient (Wildman–Crippen LogP) is 1.71. The number of benzene rings is 1. The molecule has 2 rings (SSSR count). The number of halogens is 1. The second kappa shape index (κ2) is 4.39. The first-order chi connectivity index (χ1) is 8.39. The standard InChI is InChI=1S/C9H6ClN3O4S/c10-18(16,17)7-5-11-12(6-7)8-3-1-2-4-9(8)13(14)15/h1-6H. The minimum absolute atomic E-state index is 0.161. The largest absolute Gasteiger partial charge is 0.294 e. The third-order valence-electron chi connectivity index (χ3n) is 2.17. The molecule has 18 heavy (non-hydrogen) atoms. The van der Waals surface area contributed by atoms with E-state index >= 15 is 0 Å². The molecule has 0 saturated heterocycles. The van der Waals surface area contributed by atoms with Gasteiger partial charge < -0.3 is 0 Å². The molecule has 0 unspecified atom stereocenters. The Morgan fingerprint density at radius 3 is 2.56 bits per heavy atom. The van der Waals surface area contributed by atoms with Crippen LogP contribution in [-0.4, -0.2) is 23.1 Å². The van der Waals surface area contributed by atoms with E-state index in [1.807, 2.05) is 0 Å². The first-order valence-corrected chi connectivity index (χ1v) is 6.93. The van der Waals surface area contributed by atoms with E-state index in [4.69, 9.17) is 10.7 Å². The van der Waals surface area contributed by atoms with E-state index in [0.29, 0.717) is 0 Å². The maximum absolute atomic E-state index is 11.1. The van der Waals surface area contributed by atoms with Crippen LogP contribution in [0.3, 0.4) is 0 Å². The molecule has 0 spiro atoms. The summed E-state index contributed by atoms with van der Waals surface area (Å²) in [7, 11) is 1.24. The van der Waals surface area contributed by atoms with Gasteiger partial charge in [0.05, 0.1) is 17.3 Å². The first kappa shape index (κ1) is 12.5. The summed E-state index contributed by atoms with van der Waals surface area (Å²) in [5.74, 6) is 0. The van der Waals surface area contributed by atoms with Gasteiger partial charge in [0.15, 0.2) is 0 Å². The molecule has 0 aliphatic carbocycles. The Labute approximate surface area is 106 Å². The first-order valence-electron chi connectivity index (χ1n) is 4.63. The summed E-state index contributed by atoms with van der Waals surface area (Å²) < 4.78 is 23.2. The van der Waals surface area contributed by atoms with Gasteiger partial charge in [-0.1, -0.05) is 12.1 Å². The fourth-order valence-corrected chi connectivity index (χ4v) is 2.01. The van der Waals surface area contributed by atoms with Crippen molar-refractivity contribution in [3.05, 3.63) is 46.8 Å². The van der Waals surface area contributed by atoms with Gasteiger partial charge in [-0.3, -0.25) is 10.1 Å². The number of nitrogens with zero attached hydrogens (tertiary/aromatic N) is 3. The third-order valence-corrected chi connectivity index (χ3v) is 3.47. The van der Waals surface area contributed by atoms with Crippen molar-refractivity contribution in [1.29, 1.82) is 0 Å². The lowest BCUT2D eigenvalue weighted by Crippen LogP contribution is -2.00. The highest BCUT2D eigenvalue weighted by Gasteiger charge is 2.18. The van der Waals surface area contributed by atoms with Gasteiger partial charge in [0.2, 0.25) is 0 Å². The van der Waals surface area contributed by atoms with Crippen LogP contribution in [0.1, 0.15) is 0 Å². The van der Waals surface area contributed by atoms with Crippen molar-refractivity contribution in [2.75, 3.05) is 0 Å². The average Bonchev–Trinajstić information content (AvgIpc) is 2.77. The van der Waals surface area contributed by atoms with Crippen molar-refractivity contribution in [2.24, 2.45) is 0 Å². The summed E-state index contributed by atoms with van der Waals surface area (Å²) in [5.41, 5.74) is -0.0202. The van der Waals surface area contributed by atoms with Gasteiger partial charge in [-0.2, -0.15) is 5.10 Å². The molecule has 0 saturated carbocycles. The molecular weight excluding hydrogens is 282 g/mol. The highest BCUT2D eigenvalue weighted by molar-refractivity contribution is 8.13. The van der Waals surface area contributed by atoms with Gasteiger partial charge in [-0.15, -0.1) is 0 Å². The lowest BCUT2D eigenvalue weighted by Gasteiger charge is -2.01. The molecule has 9 heteroatoms. The Bertz CT molecular complexity index is 710. The molecule has 94 valence electrons. The maximum atomic E-state index is 11.1. The molecule has 1 aromatic heterocycles. The summed E-state index contributed by atoms with van der Waals surface area (Å²) in [4.78, 5) is 10.0. The molecular formula is C9H6ClN3O4S. The van der Waals surface area contributed by atoms with Crippen LogP contribution in [0.2, 0.25) is 0 Å². The topological polar surface area (TPSA) is 95.1 Å². The van der Waals surface area contributed by atoms with Crippen molar-refractivity contribution in [2.45, 2.75) is 4.90 Å². The van der Waals surface area contributed by atoms with Gasteiger partial charge in [0.25, 0.3) is 14.7 Å². The quantitative estimate of drug-likeness (QED) is 0.486. The second-order valence-electron chi connectivity index (χ2n) is 3.30. The van der Waals surface area contributed by atoms with E-state index in [0.717, 1.165) is 17.1 Å². The highest BCUT2D eigenvalue weighted by Crippen LogP contribution is 2.23. The molecule has 0 bridgehead atoms. The Hall–Kier alpha value is -1.93. The van der Waals surface area contributed by atoms with Crippen LogP contribution in [-0.2, 0) is 9.05 Å². The van der Waals surface area contributed by atoms with Gasteiger partial charge in [0.1, 0.15) is 10.6 Å². The monoisotopic (exact) mass is 287 g/mol. The fourth-order valence-electron chi connectivity index (χ4n) is 1.38. The Balaban J connectivity index is 2.57. The number of rotatable bonds is 3. The molecule has 0 N–H and O–H groups in total. The van der Waals surface area contributed by atoms with Crippen LogP contribution in [0.15, 0.2) is 41.6 Å². The van der Waals surface area contributed by atoms with Crippen LogP contribution in [0.25, 0.3) is 5.69 Å². The van der Waals surface area contributed by atoms with E-state index in [1.54, 1.807) is 6.07 Å². The number of para-hydroxylation sites is 2. The second-order valence-corrected chi connectivity index (χ2v) is 5.87. The Morgan fingerprint density at radius 2 is 2.00 bits per heavy atom. The third kappa shape index (κ3) is 2.34. The number of hydrogen-bond donors (Lipinski definition) is 0. The molecule has 0 atom stereocenters. The van der Waals surface area contributed by atoms with E-state index in [1.165, 1.54) is 18.2 Å². The maximum Gasteiger partial charge on any atom is 0.294 e. The highest BCUT2D eigenvalue weighted by atomic mass is 35.7. The molecule has 0 radical (unpaired) electrons. The molecule has 0 aliphatic heterocycles. The van der Waals surface area contributed by atoms with E-state index in [9.17, 15) is 18.5 Å². The summed E-state index contributed by atoms with van der Waals surface area (Å²) >= 11 is 0. The minimum Gasteiger partial charge on any atom is -0.258 e. The van der Waals surface area contributed by atoms with Crippen molar-refractivity contribution < 1.29 is 13.3 Å². The van der Waals surface area contributed by atoms with E-state index < -0.39 is 14.0 Å². The normalized spacial score (nSPS) is 11.4. The van der Waals surface area contributed by atoms with Crippen LogP contribution < -0.4 is 0 Å². The molecule has 1 aromatic carbocycles. The van der Waals surface area contributed by atoms with E-state index in [-0.39, 0.29) is 16.3 Å². The number of nitro benzene ring substituents is 1. The van der Waals surface area contributed by atoms with Crippen LogP contribution in [0.4, 0.5) is 5.69 Å². The lowest BCUT2D eigenvalue weighted by molar-refractivity contribution is -0.384. The zero-order chi connectivity index (χ0) is 13.3. The van der Waals surface area contributed by atoms with Crippen LogP contribution in [0, 0.1) is 10.1 Å². The van der Waals surface area contributed by atoms with E-state index in [2.05, 4.69) is 5.10 Å². The van der Waals surface area contributed by atoms with Gasteiger partial charge >= 0.3 is 0 Å². The average molecular weight is 288 g/mol. The molecule has 0 aliphatic rings. The zero-order valence-electron chi connectivity index (χ0n) is 8.72. The van der Waals surface area contributed by atoms with Gasteiger partial charge in [-0.05, 0) is 6.07 Å². The van der Waals surface area contributed by atoms with Crippen molar-refractivity contribution in [1.82, 2.24) is 9.78 Å². The van der Waals surface area contributed by atoms with Gasteiger partial charge in [-0.25, -0.2) is 13.1 Å². The van der Waals surface area contributed by atoms with Gasteiger partial charge in [0, 0.05) is 16.7 Å².